The molecule has 0 heterocycles. The molecule has 0 saturated carbocycles. The predicted octanol–water partition coefficient (Wildman–Crippen LogP) is 4.46. The van der Waals surface area contributed by atoms with Crippen molar-refractivity contribution in [2.45, 2.75) is 19.0 Å². The highest BCUT2D eigenvalue weighted by Crippen LogP contribution is 2.32. The number of phenols is 1. The molecule has 0 unspecified atom stereocenters. The molecule has 2 aromatic rings. The Morgan fingerprint density at radius 2 is 1.75 bits per heavy atom. The Morgan fingerprint density at radius 1 is 1.11 bits per heavy atom. The fraction of sp³-hybridized carbons (Fsp3) is 0.200. The molecule has 0 radical (unpaired) electrons. The fourth-order valence-electron chi connectivity index (χ4n) is 2.04. The third-order valence-corrected chi connectivity index (χ3v) is 3.42. The van der Waals surface area contributed by atoms with Gasteiger partial charge in [-0.2, -0.15) is 13.2 Å². The number of carbonyl (C=O) groups excluding carboxylic acids is 1. The first kappa shape index (κ1) is 22.8. The lowest BCUT2D eigenvalue weighted by Gasteiger charge is -2.07. The summed E-state index contributed by atoms with van der Waals surface area (Å²) in [5, 5.41) is 17.4. The van der Waals surface area contributed by atoms with E-state index >= 15 is 0 Å². The maximum Gasteiger partial charge on any atom is 0.416 e. The highest BCUT2D eigenvalue weighted by molar-refractivity contribution is 5.91. The third-order valence-electron chi connectivity index (χ3n) is 3.42. The molecule has 28 heavy (non-hydrogen) atoms. The van der Waals surface area contributed by atoms with Gasteiger partial charge in [0, 0.05) is 6.08 Å². The average molecular weight is 396 g/mol. The van der Waals surface area contributed by atoms with E-state index in [1.54, 1.807) is 0 Å². The molecular formula is C20H19F3O5. The van der Waals surface area contributed by atoms with Crippen molar-refractivity contribution < 1.29 is 37.7 Å². The van der Waals surface area contributed by atoms with Crippen LogP contribution in [-0.4, -0.2) is 28.8 Å². The molecule has 0 saturated heterocycles. The molecule has 2 rings (SSSR count). The Kier molecular flexibility index (Phi) is 8.74. The van der Waals surface area contributed by atoms with E-state index in [9.17, 15) is 22.8 Å². The summed E-state index contributed by atoms with van der Waals surface area (Å²) in [6, 6.07) is 11.8. The number of alkyl halides is 3. The van der Waals surface area contributed by atoms with E-state index in [-0.39, 0.29) is 5.97 Å². The van der Waals surface area contributed by atoms with Crippen LogP contribution in [0.5, 0.6) is 5.75 Å². The highest BCUT2D eigenvalue weighted by Gasteiger charge is 2.31. The van der Waals surface area contributed by atoms with Crippen LogP contribution in [0.2, 0.25) is 0 Å². The summed E-state index contributed by atoms with van der Waals surface area (Å²) in [6.07, 6.45) is -1.64. The molecule has 0 atom stereocenters. The first-order valence-corrected chi connectivity index (χ1v) is 8.11. The van der Waals surface area contributed by atoms with E-state index in [4.69, 9.17) is 14.9 Å². The zero-order valence-corrected chi connectivity index (χ0v) is 14.8. The molecule has 0 aliphatic rings. The number of hydrogen-bond acceptors (Lipinski definition) is 4. The summed E-state index contributed by atoms with van der Waals surface area (Å²) in [7, 11) is 0. The molecular weight excluding hydrogens is 377 g/mol. The molecule has 0 spiro atoms. The van der Waals surface area contributed by atoms with Crippen molar-refractivity contribution in [1.82, 2.24) is 0 Å². The number of halogens is 3. The highest BCUT2D eigenvalue weighted by atomic mass is 19.4. The molecule has 0 aliphatic carbocycles. The second-order valence-corrected chi connectivity index (χ2v) is 5.50. The SMILES string of the molecule is C=CC(=O)OCCCc1ccccc1.O=C(O)c1cc(C(F)(F)F)ccc1O. The summed E-state index contributed by atoms with van der Waals surface area (Å²) in [6.45, 7) is 3.78. The van der Waals surface area contributed by atoms with Crippen LogP contribution in [-0.2, 0) is 22.1 Å². The maximum atomic E-state index is 12.1. The van der Waals surface area contributed by atoms with Crippen LogP contribution < -0.4 is 0 Å². The molecule has 0 bridgehead atoms. The number of ether oxygens (including phenoxy) is 1. The zero-order chi connectivity index (χ0) is 21.2. The van der Waals surface area contributed by atoms with Gasteiger partial charge in [0.15, 0.2) is 0 Å². The molecule has 5 nitrogen and oxygen atoms in total. The minimum absolute atomic E-state index is 0.349. The van der Waals surface area contributed by atoms with Crippen LogP contribution in [0.1, 0.15) is 27.9 Å². The second-order valence-electron chi connectivity index (χ2n) is 5.50. The van der Waals surface area contributed by atoms with E-state index in [0.29, 0.717) is 24.8 Å². The van der Waals surface area contributed by atoms with E-state index < -0.39 is 29.0 Å². The molecule has 150 valence electrons. The molecule has 2 N–H and O–H groups in total. The summed E-state index contributed by atoms with van der Waals surface area (Å²) in [5.41, 5.74) is -0.602. The molecule has 0 aliphatic heterocycles. The van der Waals surface area contributed by atoms with E-state index in [1.807, 2.05) is 18.2 Å². The molecule has 0 aromatic heterocycles. The van der Waals surface area contributed by atoms with Gasteiger partial charge in [-0.25, -0.2) is 9.59 Å². The monoisotopic (exact) mass is 396 g/mol. The van der Waals surface area contributed by atoms with Crippen molar-refractivity contribution in [1.29, 1.82) is 0 Å². The van der Waals surface area contributed by atoms with Crippen molar-refractivity contribution in [3.63, 3.8) is 0 Å². The van der Waals surface area contributed by atoms with Gasteiger partial charge < -0.3 is 14.9 Å². The minimum Gasteiger partial charge on any atom is -0.507 e. The van der Waals surface area contributed by atoms with Gasteiger partial charge >= 0.3 is 18.1 Å². The number of aryl methyl sites for hydroxylation is 1. The van der Waals surface area contributed by atoms with Gasteiger partial charge in [0.2, 0.25) is 0 Å². The number of benzene rings is 2. The van der Waals surface area contributed by atoms with Gasteiger partial charge in [0.1, 0.15) is 11.3 Å². The van der Waals surface area contributed by atoms with Crippen LogP contribution in [0.25, 0.3) is 0 Å². The van der Waals surface area contributed by atoms with Crippen LogP contribution in [0.3, 0.4) is 0 Å². The van der Waals surface area contributed by atoms with Crippen LogP contribution >= 0.6 is 0 Å². The van der Waals surface area contributed by atoms with E-state index in [0.717, 1.165) is 12.8 Å². The minimum atomic E-state index is -4.61. The molecule has 8 heteroatoms. The predicted molar refractivity (Wildman–Crippen MR) is 96.0 cm³/mol. The second kappa shape index (κ2) is 10.8. The Labute approximate surface area is 159 Å². The van der Waals surface area contributed by atoms with Gasteiger partial charge in [-0.1, -0.05) is 36.9 Å². The lowest BCUT2D eigenvalue weighted by Crippen LogP contribution is -2.07. The summed E-state index contributed by atoms with van der Waals surface area (Å²) in [5.74, 6) is -2.64. The topological polar surface area (TPSA) is 83.8 Å². The molecule has 0 fully saturated rings. The first-order valence-electron chi connectivity index (χ1n) is 8.11. The van der Waals surface area contributed by atoms with Crippen molar-refractivity contribution in [3.8, 4) is 5.75 Å². The Bertz CT molecular complexity index is 801. The van der Waals surface area contributed by atoms with Crippen molar-refractivity contribution in [2.75, 3.05) is 6.61 Å². The van der Waals surface area contributed by atoms with Gasteiger partial charge in [-0.3, -0.25) is 0 Å². The smallest absolute Gasteiger partial charge is 0.416 e. The summed E-state index contributed by atoms with van der Waals surface area (Å²) >= 11 is 0. The van der Waals surface area contributed by atoms with Gasteiger partial charge in [-0.15, -0.1) is 0 Å². The summed E-state index contributed by atoms with van der Waals surface area (Å²) in [4.78, 5) is 21.1. The zero-order valence-electron chi connectivity index (χ0n) is 14.8. The molecule has 2 aromatic carbocycles. The number of rotatable bonds is 6. The number of aromatic hydroxyl groups is 1. The lowest BCUT2D eigenvalue weighted by molar-refractivity contribution is -0.138. The summed E-state index contributed by atoms with van der Waals surface area (Å²) < 4.78 is 41.1. The van der Waals surface area contributed by atoms with E-state index in [2.05, 4.69) is 18.7 Å². The number of carboxylic acid groups (broad SMARTS) is 1. The number of aromatic carboxylic acids is 1. The Balaban J connectivity index is 0.000000280. The number of hydrogen-bond donors (Lipinski definition) is 2. The molecule has 0 amide bonds. The average Bonchev–Trinajstić information content (AvgIpc) is 2.65. The lowest BCUT2D eigenvalue weighted by atomic mass is 10.1. The van der Waals surface area contributed by atoms with Gasteiger partial charge in [0.25, 0.3) is 0 Å². The van der Waals surface area contributed by atoms with Crippen molar-refractivity contribution in [3.05, 3.63) is 77.9 Å². The first-order chi connectivity index (χ1) is 13.1. The van der Waals surface area contributed by atoms with Gasteiger partial charge in [0.05, 0.1) is 12.2 Å². The van der Waals surface area contributed by atoms with Gasteiger partial charge in [-0.05, 0) is 36.6 Å². The normalized spacial score (nSPS) is 10.4. The van der Waals surface area contributed by atoms with Crippen molar-refractivity contribution in [2.24, 2.45) is 0 Å². The Morgan fingerprint density at radius 3 is 2.29 bits per heavy atom. The number of esters is 1. The standard InChI is InChI=1S/C12H14O2.C8H5F3O3/c1-2-12(13)14-10-6-9-11-7-4-3-5-8-11;9-8(10,11)4-1-2-6(12)5(3-4)7(13)14/h2-5,7-8H,1,6,9-10H2;1-3,12H,(H,13,14). The third kappa shape index (κ3) is 7.94. The van der Waals surface area contributed by atoms with E-state index in [1.165, 1.54) is 11.6 Å². The number of carboxylic acids is 1. The Hall–Kier alpha value is -3.29. The number of carbonyl (C=O) groups is 2. The van der Waals surface area contributed by atoms with Crippen molar-refractivity contribution >= 4 is 11.9 Å². The quantitative estimate of drug-likeness (QED) is 0.428. The van der Waals surface area contributed by atoms with Crippen LogP contribution in [0.15, 0.2) is 61.2 Å². The maximum absolute atomic E-state index is 12.1. The largest absolute Gasteiger partial charge is 0.507 e. The van der Waals surface area contributed by atoms with Crippen LogP contribution in [0.4, 0.5) is 13.2 Å². The van der Waals surface area contributed by atoms with Crippen LogP contribution in [0, 0.1) is 0 Å². The fourth-order valence-corrected chi connectivity index (χ4v) is 2.04.